The van der Waals surface area contributed by atoms with Crippen molar-refractivity contribution in [2.75, 3.05) is 25.9 Å². The third kappa shape index (κ3) is 2.85. The Balaban J connectivity index is 1.84. The summed E-state index contributed by atoms with van der Waals surface area (Å²) in [5.41, 5.74) is 9.88. The minimum atomic E-state index is 0.340. The monoisotopic (exact) mass is 402 g/mol. The summed E-state index contributed by atoms with van der Waals surface area (Å²) in [5.74, 6) is 1.48. The molecule has 0 saturated carbocycles. The SMILES string of the molecule is COc1ccc(-c2cnn3c(N)c(Br)c(C4CCCNC4)nc23)cn1. The summed E-state index contributed by atoms with van der Waals surface area (Å²) in [5, 5.41) is 7.84. The van der Waals surface area contributed by atoms with Gasteiger partial charge in [-0.2, -0.15) is 9.61 Å². The normalized spacial score (nSPS) is 17.8. The number of pyridine rings is 1. The minimum Gasteiger partial charge on any atom is -0.481 e. The molecule has 1 saturated heterocycles. The number of methoxy groups -OCH3 is 1. The molecule has 1 fully saturated rings. The molecule has 130 valence electrons. The summed E-state index contributed by atoms with van der Waals surface area (Å²) in [4.78, 5) is 9.19. The predicted octanol–water partition coefficient (Wildman–Crippen LogP) is 2.61. The largest absolute Gasteiger partial charge is 0.481 e. The standard InChI is InChI=1S/C17H19BrN6O/c1-25-13-5-4-10(8-21-13)12-9-22-24-16(19)14(18)15(23-17(12)24)11-3-2-6-20-7-11/h4-5,8-9,11,20H,2-3,6-7,19H2,1H3. The first-order valence-electron chi connectivity index (χ1n) is 8.22. The number of nitrogen functional groups attached to an aromatic ring is 1. The van der Waals surface area contributed by atoms with Gasteiger partial charge in [-0.05, 0) is 41.4 Å². The smallest absolute Gasteiger partial charge is 0.212 e. The number of ether oxygens (including phenoxy) is 1. The Morgan fingerprint density at radius 3 is 2.92 bits per heavy atom. The molecule has 0 aromatic carbocycles. The first-order chi connectivity index (χ1) is 12.2. The maximum atomic E-state index is 6.32. The maximum Gasteiger partial charge on any atom is 0.212 e. The Kier molecular flexibility index (Phi) is 4.30. The molecule has 0 spiro atoms. The highest BCUT2D eigenvalue weighted by Gasteiger charge is 2.23. The number of halogens is 1. The number of nitrogens with zero attached hydrogens (tertiary/aromatic N) is 4. The van der Waals surface area contributed by atoms with Gasteiger partial charge in [0.05, 0.1) is 23.5 Å². The van der Waals surface area contributed by atoms with E-state index in [9.17, 15) is 0 Å². The lowest BCUT2D eigenvalue weighted by Crippen LogP contribution is -2.29. The Morgan fingerprint density at radius 1 is 1.36 bits per heavy atom. The van der Waals surface area contributed by atoms with Crippen LogP contribution in [0.3, 0.4) is 0 Å². The van der Waals surface area contributed by atoms with Gasteiger partial charge in [-0.15, -0.1) is 0 Å². The molecular formula is C17H19BrN6O. The second-order valence-electron chi connectivity index (χ2n) is 6.12. The molecule has 4 heterocycles. The molecule has 0 aliphatic carbocycles. The van der Waals surface area contributed by atoms with E-state index in [4.69, 9.17) is 15.5 Å². The van der Waals surface area contributed by atoms with Gasteiger partial charge in [0.15, 0.2) is 5.65 Å². The van der Waals surface area contributed by atoms with Gasteiger partial charge in [-0.3, -0.25) is 0 Å². The van der Waals surface area contributed by atoms with Crippen LogP contribution in [0.2, 0.25) is 0 Å². The van der Waals surface area contributed by atoms with Gasteiger partial charge in [0.25, 0.3) is 0 Å². The number of hydrogen-bond acceptors (Lipinski definition) is 6. The van der Waals surface area contributed by atoms with Crippen molar-refractivity contribution in [3.63, 3.8) is 0 Å². The Labute approximate surface area is 153 Å². The third-order valence-electron chi connectivity index (χ3n) is 4.59. The summed E-state index contributed by atoms with van der Waals surface area (Å²) in [6.45, 7) is 1.97. The number of nitrogens with two attached hydrogens (primary N) is 1. The molecular weight excluding hydrogens is 384 g/mol. The summed E-state index contributed by atoms with van der Waals surface area (Å²) in [7, 11) is 1.60. The van der Waals surface area contributed by atoms with Gasteiger partial charge >= 0.3 is 0 Å². The van der Waals surface area contributed by atoms with Crippen LogP contribution in [0.15, 0.2) is 29.0 Å². The molecule has 1 aliphatic rings. The number of piperidine rings is 1. The third-order valence-corrected chi connectivity index (χ3v) is 5.40. The van der Waals surface area contributed by atoms with E-state index in [0.717, 1.165) is 52.9 Å². The van der Waals surface area contributed by atoms with Crippen LogP contribution < -0.4 is 15.8 Å². The van der Waals surface area contributed by atoms with Crippen molar-refractivity contribution >= 4 is 27.4 Å². The van der Waals surface area contributed by atoms with Crippen molar-refractivity contribution in [3.8, 4) is 17.0 Å². The van der Waals surface area contributed by atoms with Crippen LogP contribution in [0.5, 0.6) is 5.88 Å². The molecule has 3 aromatic heterocycles. The van der Waals surface area contributed by atoms with Crippen LogP contribution >= 0.6 is 15.9 Å². The van der Waals surface area contributed by atoms with Crippen molar-refractivity contribution in [2.24, 2.45) is 0 Å². The fourth-order valence-electron chi connectivity index (χ4n) is 3.23. The van der Waals surface area contributed by atoms with Crippen molar-refractivity contribution in [2.45, 2.75) is 18.8 Å². The fraction of sp³-hybridized carbons (Fsp3) is 0.353. The highest BCUT2D eigenvalue weighted by Crippen LogP contribution is 2.35. The number of fused-ring (bicyclic) bond motifs is 1. The zero-order chi connectivity index (χ0) is 17.4. The first-order valence-corrected chi connectivity index (χ1v) is 9.02. The maximum absolute atomic E-state index is 6.32. The zero-order valence-corrected chi connectivity index (χ0v) is 15.5. The molecule has 4 rings (SSSR count). The van der Waals surface area contributed by atoms with E-state index >= 15 is 0 Å². The lowest BCUT2D eigenvalue weighted by atomic mass is 9.96. The van der Waals surface area contributed by atoms with E-state index in [1.54, 1.807) is 24.0 Å². The van der Waals surface area contributed by atoms with Crippen molar-refractivity contribution in [1.82, 2.24) is 24.9 Å². The molecule has 3 N–H and O–H groups in total. The van der Waals surface area contributed by atoms with Crippen LogP contribution in [0.1, 0.15) is 24.5 Å². The number of nitrogens with one attached hydrogen (secondary N) is 1. The number of anilines is 1. The van der Waals surface area contributed by atoms with Crippen LogP contribution in [0, 0.1) is 0 Å². The summed E-state index contributed by atoms with van der Waals surface area (Å²) in [6.07, 6.45) is 5.77. The van der Waals surface area contributed by atoms with Gasteiger partial charge in [0, 0.05) is 35.9 Å². The minimum absolute atomic E-state index is 0.340. The van der Waals surface area contributed by atoms with Crippen LogP contribution in [-0.2, 0) is 0 Å². The van der Waals surface area contributed by atoms with E-state index in [-0.39, 0.29) is 0 Å². The summed E-state index contributed by atoms with van der Waals surface area (Å²) >= 11 is 3.62. The highest BCUT2D eigenvalue weighted by atomic mass is 79.9. The van der Waals surface area contributed by atoms with Gasteiger partial charge < -0.3 is 15.8 Å². The van der Waals surface area contributed by atoms with E-state index in [1.165, 1.54) is 0 Å². The average molecular weight is 403 g/mol. The van der Waals surface area contributed by atoms with E-state index < -0.39 is 0 Å². The van der Waals surface area contributed by atoms with E-state index in [2.05, 4.69) is 31.3 Å². The van der Waals surface area contributed by atoms with Crippen molar-refractivity contribution in [1.29, 1.82) is 0 Å². The van der Waals surface area contributed by atoms with Crippen LogP contribution in [-0.4, -0.2) is 39.8 Å². The number of hydrogen-bond donors (Lipinski definition) is 2. The lowest BCUT2D eigenvalue weighted by Gasteiger charge is -2.23. The van der Waals surface area contributed by atoms with Gasteiger partial charge in [-0.1, -0.05) is 0 Å². The van der Waals surface area contributed by atoms with Gasteiger partial charge in [-0.25, -0.2) is 9.97 Å². The van der Waals surface area contributed by atoms with Gasteiger partial charge in [0.2, 0.25) is 5.88 Å². The molecule has 0 amide bonds. The Hall–Kier alpha value is -2.19. The topological polar surface area (TPSA) is 90.4 Å². The summed E-state index contributed by atoms with van der Waals surface area (Å²) < 4.78 is 7.63. The molecule has 0 bridgehead atoms. The average Bonchev–Trinajstić information content (AvgIpc) is 3.09. The molecule has 1 aliphatic heterocycles. The van der Waals surface area contributed by atoms with E-state index in [1.807, 2.05) is 12.1 Å². The molecule has 25 heavy (non-hydrogen) atoms. The van der Waals surface area contributed by atoms with Crippen molar-refractivity contribution < 1.29 is 4.74 Å². The lowest BCUT2D eigenvalue weighted by molar-refractivity contribution is 0.398. The number of rotatable bonds is 3. The predicted molar refractivity (Wildman–Crippen MR) is 99.7 cm³/mol. The quantitative estimate of drug-likeness (QED) is 0.699. The van der Waals surface area contributed by atoms with Crippen molar-refractivity contribution in [3.05, 3.63) is 34.7 Å². The number of aromatic nitrogens is 4. The first kappa shape index (κ1) is 16.3. The second kappa shape index (κ2) is 6.61. The van der Waals surface area contributed by atoms with Gasteiger partial charge in [0.1, 0.15) is 5.82 Å². The molecule has 3 aromatic rings. The molecule has 7 nitrogen and oxygen atoms in total. The fourth-order valence-corrected chi connectivity index (χ4v) is 3.81. The Bertz CT molecular complexity index is 902. The highest BCUT2D eigenvalue weighted by molar-refractivity contribution is 9.10. The molecule has 8 heteroatoms. The zero-order valence-electron chi connectivity index (χ0n) is 13.9. The summed E-state index contributed by atoms with van der Waals surface area (Å²) in [6, 6.07) is 3.78. The molecule has 1 atom stereocenters. The Morgan fingerprint density at radius 2 is 2.24 bits per heavy atom. The van der Waals surface area contributed by atoms with Crippen LogP contribution in [0.25, 0.3) is 16.8 Å². The molecule has 0 radical (unpaired) electrons. The molecule has 1 unspecified atom stereocenters. The second-order valence-corrected chi connectivity index (χ2v) is 6.92. The van der Waals surface area contributed by atoms with Crippen LogP contribution in [0.4, 0.5) is 5.82 Å². The van der Waals surface area contributed by atoms with E-state index in [0.29, 0.717) is 17.6 Å².